The van der Waals surface area contributed by atoms with Gasteiger partial charge >= 0.3 is 5.97 Å². The summed E-state index contributed by atoms with van der Waals surface area (Å²) in [7, 11) is 0. The van der Waals surface area contributed by atoms with Gasteiger partial charge in [0.2, 0.25) is 47.3 Å². The van der Waals surface area contributed by atoms with Crippen molar-refractivity contribution in [1.82, 2.24) is 41.7 Å². The molecule has 0 aliphatic carbocycles. The Balaban J connectivity index is 1.41. The quantitative estimate of drug-likeness (QED) is 0.0264. The molecule has 2 heterocycles. The number of carbonyl (C=O) groups excluding carboxylic acids is 8. The minimum Gasteiger partial charge on any atom is -0.508 e. The maximum Gasteiger partial charge on any atom is 0.326 e. The first-order chi connectivity index (χ1) is 38.9. The number of guanidine groups is 1. The van der Waals surface area contributed by atoms with E-state index in [1.54, 1.807) is 94.4 Å². The average molecular weight is 1140 g/mol. The predicted octanol–water partition coefficient (Wildman–Crippen LogP) is 1.13. The number of carboxylic acids is 1. The van der Waals surface area contributed by atoms with E-state index in [-0.39, 0.29) is 94.5 Å². The first-order valence-electron chi connectivity index (χ1n) is 28.3. The Hall–Kier alpha value is -8.08. The molecule has 2 aliphatic rings. The second kappa shape index (κ2) is 31.2. The molecule has 446 valence electrons. The van der Waals surface area contributed by atoms with E-state index >= 15 is 0 Å². The Labute approximate surface area is 479 Å². The van der Waals surface area contributed by atoms with Crippen molar-refractivity contribution >= 4 is 59.2 Å². The van der Waals surface area contributed by atoms with Crippen LogP contribution in [0.1, 0.15) is 103 Å². The smallest absolute Gasteiger partial charge is 0.326 e. The fourth-order valence-electron chi connectivity index (χ4n) is 10.1. The number of aliphatic imine (C=N–C) groups is 1. The molecular weight excluding hydrogens is 1050 g/mol. The molecule has 2 aliphatic heterocycles. The van der Waals surface area contributed by atoms with Gasteiger partial charge in [0.05, 0.1) is 6.04 Å². The number of nitrogens with one attached hydrogen (secondary N) is 6. The molecule has 2 saturated heterocycles. The molecule has 5 rings (SSSR count). The molecule has 14 N–H and O–H groups in total. The Bertz CT molecular complexity index is 2690. The average Bonchev–Trinajstić information content (AvgIpc) is 4.16. The number of hydrogen-bond donors (Lipinski definition) is 11. The van der Waals surface area contributed by atoms with Gasteiger partial charge in [0.15, 0.2) is 5.96 Å². The fourth-order valence-corrected chi connectivity index (χ4v) is 10.1. The van der Waals surface area contributed by atoms with E-state index in [9.17, 15) is 53.4 Å². The summed E-state index contributed by atoms with van der Waals surface area (Å²) >= 11 is 0. The molecular formula is C59H84N12O11. The zero-order valence-corrected chi connectivity index (χ0v) is 47.8. The molecule has 0 unspecified atom stereocenters. The second-order valence-corrected chi connectivity index (χ2v) is 22.4. The van der Waals surface area contributed by atoms with Gasteiger partial charge in [-0.1, -0.05) is 114 Å². The number of aromatic hydroxyl groups is 1. The third kappa shape index (κ3) is 19.3. The van der Waals surface area contributed by atoms with E-state index in [0.717, 1.165) is 5.56 Å². The number of nitrogens with two attached hydrogens (primary N) is 3. The number of amides is 8. The van der Waals surface area contributed by atoms with E-state index in [1.165, 1.54) is 21.9 Å². The lowest BCUT2D eigenvalue weighted by Gasteiger charge is -2.32. The molecule has 3 aromatic carbocycles. The molecule has 0 saturated carbocycles. The summed E-state index contributed by atoms with van der Waals surface area (Å²) in [5, 5.41) is 36.7. The molecule has 0 radical (unpaired) electrons. The van der Waals surface area contributed by atoms with E-state index in [2.05, 4.69) is 36.9 Å². The number of nitrogens with zero attached hydrogens (tertiary/aromatic N) is 3. The van der Waals surface area contributed by atoms with Crippen molar-refractivity contribution in [3.05, 3.63) is 102 Å². The second-order valence-electron chi connectivity index (χ2n) is 22.4. The van der Waals surface area contributed by atoms with Crippen molar-refractivity contribution in [2.75, 3.05) is 19.6 Å². The van der Waals surface area contributed by atoms with E-state index in [1.807, 2.05) is 19.9 Å². The number of phenolic OH excluding ortho intramolecular Hbond substituents is 1. The van der Waals surface area contributed by atoms with E-state index < -0.39 is 114 Å². The van der Waals surface area contributed by atoms with Gasteiger partial charge in [0, 0.05) is 38.9 Å². The number of likely N-dealkylation sites (tertiary alicyclic amines) is 2. The zero-order chi connectivity index (χ0) is 60.2. The first-order valence-corrected chi connectivity index (χ1v) is 28.3. The van der Waals surface area contributed by atoms with Gasteiger partial charge in [0.1, 0.15) is 54.1 Å². The SMILES string of the molecule is CC(C)C[C@H](NC(=O)[C@H](CCCN=C(N)N)NC(=O)[C@@H]1CCCN1C(=O)[C@H](Cc1ccccc1)NC(=O)[C@H](Cc1ccc(O)cc1)NC(=O)[C@@H]1CCCN1C(=O)[C@H](Cc1ccccc1)NC(=O)[C@@H](NC(=O)[C@@H](N)C(C)C)C(C)C)C(=O)O. The van der Waals surface area contributed by atoms with Gasteiger partial charge in [0.25, 0.3) is 0 Å². The Morgan fingerprint density at radius 1 is 0.561 bits per heavy atom. The van der Waals surface area contributed by atoms with Crippen LogP contribution in [0.3, 0.4) is 0 Å². The van der Waals surface area contributed by atoms with Crippen LogP contribution in [0.15, 0.2) is 89.9 Å². The highest BCUT2D eigenvalue weighted by molar-refractivity contribution is 5.99. The normalized spacial score (nSPS) is 17.6. The Morgan fingerprint density at radius 3 is 1.48 bits per heavy atom. The van der Waals surface area contributed by atoms with Crippen molar-refractivity contribution in [2.24, 2.45) is 39.9 Å². The van der Waals surface area contributed by atoms with Crippen LogP contribution >= 0.6 is 0 Å². The highest BCUT2D eigenvalue weighted by Gasteiger charge is 2.43. The summed E-state index contributed by atoms with van der Waals surface area (Å²) in [5.41, 5.74) is 19.0. The van der Waals surface area contributed by atoms with Crippen LogP contribution in [-0.4, -0.2) is 153 Å². The molecule has 23 heteroatoms. The molecule has 23 nitrogen and oxygen atoms in total. The maximum atomic E-state index is 15.0. The number of benzene rings is 3. The lowest BCUT2D eigenvalue weighted by molar-refractivity contribution is -0.144. The first kappa shape index (κ1) is 64.7. The molecule has 82 heavy (non-hydrogen) atoms. The van der Waals surface area contributed by atoms with Gasteiger partial charge in [-0.15, -0.1) is 0 Å². The van der Waals surface area contributed by atoms with Gasteiger partial charge in [-0.2, -0.15) is 0 Å². The number of hydrogen-bond acceptors (Lipinski definition) is 12. The summed E-state index contributed by atoms with van der Waals surface area (Å²) in [6.07, 6.45) is 1.47. The lowest BCUT2D eigenvalue weighted by atomic mass is 9.99. The van der Waals surface area contributed by atoms with Crippen LogP contribution in [0.25, 0.3) is 0 Å². The standard InChI is InChI=1S/C59H84N12O11/c1-34(2)30-45(58(81)82)68-50(73)41(20-13-27-63-59(61)62)64-52(75)46-21-14-28-70(46)56(79)43(32-37-16-9-7-10-17-37)66-51(74)42(31-39-23-25-40(72)26-24-39)65-53(76)47-22-15-29-71(47)57(80)44(33-38-18-11-8-12-19-38)67-55(78)49(36(5)6)69-54(77)48(60)35(3)4/h7-12,16-19,23-26,34-36,41-49,72H,13-15,20-22,27-33,60H2,1-6H3,(H,64,75)(H,65,76)(H,66,74)(H,67,78)(H,68,73)(H,69,77)(H,81,82)(H4,61,62,63)/t41-,42-,43-,44-,45-,46-,47-,48-,49-/m0/s1. The predicted molar refractivity (Wildman–Crippen MR) is 308 cm³/mol. The number of rotatable bonds is 29. The molecule has 0 spiro atoms. The Kier molecular flexibility index (Phi) is 24.6. The maximum absolute atomic E-state index is 15.0. The fraction of sp³-hybridized carbons (Fsp3) is 0.525. The van der Waals surface area contributed by atoms with Gasteiger partial charge in [-0.25, -0.2) is 4.79 Å². The van der Waals surface area contributed by atoms with E-state index in [0.29, 0.717) is 24.0 Å². The topological polar surface area (TPSA) is 363 Å². The summed E-state index contributed by atoms with van der Waals surface area (Å²) < 4.78 is 0. The molecule has 8 amide bonds. The van der Waals surface area contributed by atoms with Crippen molar-refractivity contribution in [3.63, 3.8) is 0 Å². The van der Waals surface area contributed by atoms with Crippen LogP contribution in [0.5, 0.6) is 5.75 Å². The van der Waals surface area contributed by atoms with Crippen LogP contribution < -0.4 is 49.1 Å². The molecule has 0 bridgehead atoms. The zero-order valence-electron chi connectivity index (χ0n) is 47.8. The highest BCUT2D eigenvalue weighted by Crippen LogP contribution is 2.24. The molecule has 9 atom stereocenters. The largest absolute Gasteiger partial charge is 0.508 e. The van der Waals surface area contributed by atoms with Gasteiger partial charge in [-0.05, 0) is 91.5 Å². The number of carboxylic acid groups (broad SMARTS) is 1. The highest BCUT2D eigenvalue weighted by atomic mass is 16.4. The van der Waals surface area contributed by atoms with Gasteiger partial charge in [-0.3, -0.25) is 43.3 Å². The minimum atomic E-state index is -1.37. The third-order valence-corrected chi connectivity index (χ3v) is 14.6. The van der Waals surface area contributed by atoms with E-state index in [4.69, 9.17) is 17.2 Å². The molecule has 3 aromatic rings. The number of phenols is 1. The monoisotopic (exact) mass is 1140 g/mol. The summed E-state index contributed by atoms with van der Waals surface area (Å²) in [5.74, 6) is -7.35. The minimum absolute atomic E-state index is 0.0235. The van der Waals surface area contributed by atoms with Crippen molar-refractivity contribution < 1.29 is 53.4 Å². The number of carbonyl (C=O) groups is 9. The van der Waals surface area contributed by atoms with Crippen LogP contribution in [-0.2, 0) is 62.4 Å². The lowest BCUT2D eigenvalue weighted by Crippen LogP contribution is -2.61. The van der Waals surface area contributed by atoms with Crippen molar-refractivity contribution in [1.29, 1.82) is 0 Å². The van der Waals surface area contributed by atoms with Crippen LogP contribution in [0.2, 0.25) is 0 Å². The van der Waals surface area contributed by atoms with Crippen molar-refractivity contribution in [3.8, 4) is 5.75 Å². The summed E-state index contributed by atoms with van der Waals surface area (Å²) in [4.78, 5) is 133. The summed E-state index contributed by atoms with van der Waals surface area (Å²) in [6, 6.07) is 13.4. The summed E-state index contributed by atoms with van der Waals surface area (Å²) in [6.45, 7) is 11.1. The number of aliphatic carboxylic acids is 1. The van der Waals surface area contributed by atoms with Gasteiger partial charge < -0.3 is 69.1 Å². The van der Waals surface area contributed by atoms with Crippen LogP contribution in [0.4, 0.5) is 0 Å². The van der Waals surface area contributed by atoms with Crippen LogP contribution in [0, 0.1) is 17.8 Å². The van der Waals surface area contributed by atoms with Crippen molar-refractivity contribution in [2.45, 2.75) is 160 Å². The third-order valence-electron chi connectivity index (χ3n) is 14.6. The Morgan fingerprint density at radius 2 is 1.01 bits per heavy atom. The molecule has 0 aromatic heterocycles. The molecule has 2 fully saturated rings.